The van der Waals surface area contributed by atoms with Gasteiger partial charge in [-0.3, -0.25) is 14.6 Å². The highest BCUT2D eigenvalue weighted by molar-refractivity contribution is 5.77. The van der Waals surface area contributed by atoms with Gasteiger partial charge in [-0.05, 0) is 31.0 Å². The summed E-state index contributed by atoms with van der Waals surface area (Å²) in [4.78, 5) is 26.8. The Morgan fingerprint density at radius 3 is 2.58 bits per heavy atom. The van der Waals surface area contributed by atoms with Crippen molar-refractivity contribution in [1.82, 2.24) is 4.98 Å². The van der Waals surface area contributed by atoms with Gasteiger partial charge in [-0.2, -0.15) is 0 Å². The van der Waals surface area contributed by atoms with Gasteiger partial charge >= 0.3 is 11.9 Å². The van der Waals surface area contributed by atoms with Crippen LogP contribution in [0.1, 0.15) is 44.9 Å². The van der Waals surface area contributed by atoms with E-state index in [1.54, 1.807) is 13.1 Å². The van der Waals surface area contributed by atoms with E-state index >= 15 is 0 Å². The zero-order valence-corrected chi connectivity index (χ0v) is 11.7. The lowest BCUT2D eigenvalue weighted by Gasteiger charge is -2.16. The van der Waals surface area contributed by atoms with Gasteiger partial charge in [0.25, 0.3) is 0 Å². The van der Waals surface area contributed by atoms with Crippen LogP contribution in [0.2, 0.25) is 0 Å². The molecule has 0 aliphatic rings. The normalized spacial score (nSPS) is 13.5. The molecular formula is C14H19NO4. The van der Waals surface area contributed by atoms with E-state index in [9.17, 15) is 9.59 Å². The van der Waals surface area contributed by atoms with Gasteiger partial charge in [0, 0.05) is 20.0 Å². The molecule has 0 fully saturated rings. The molecule has 0 bridgehead atoms. The van der Waals surface area contributed by atoms with Crippen LogP contribution in [0.3, 0.4) is 0 Å². The fraction of sp³-hybridized carbons (Fsp3) is 0.500. The standard InChI is InChI=1S/C14H19NO4/c1-5-12-6-7-15-13(8-12)9(2)14(17)19-11(4)18-10(3)16/h6-9,11H,5H2,1-4H3. The minimum atomic E-state index is -0.887. The lowest BCUT2D eigenvalue weighted by molar-refractivity contribution is -0.183. The highest BCUT2D eigenvalue weighted by atomic mass is 16.7. The molecule has 104 valence electrons. The third-order valence-corrected chi connectivity index (χ3v) is 2.66. The van der Waals surface area contributed by atoms with E-state index in [0.717, 1.165) is 12.0 Å². The largest absolute Gasteiger partial charge is 0.426 e. The second-order valence-corrected chi connectivity index (χ2v) is 4.28. The monoisotopic (exact) mass is 265 g/mol. The second-order valence-electron chi connectivity index (χ2n) is 4.28. The molecule has 0 spiro atoms. The average Bonchev–Trinajstić information content (AvgIpc) is 2.36. The maximum absolute atomic E-state index is 11.9. The number of esters is 2. The Morgan fingerprint density at radius 1 is 1.32 bits per heavy atom. The Morgan fingerprint density at radius 2 is 2.00 bits per heavy atom. The van der Waals surface area contributed by atoms with Crippen molar-refractivity contribution in [2.75, 3.05) is 0 Å². The molecule has 0 aliphatic carbocycles. The number of hydrogen-bond donors (Lipinski definition) is 0. The smallest absolute Gasteiger partial charge is 0.317 e. The Kier molecular flexibility index (Phi) is 5.48. The Balaban J connectivity index is 2.68. The van der Waals surface area contributed by atoms with Crippen LogP contribution in [0.25, 0.3) is 0 Å². The van der Waals surface area contributed by atoms with Crippen LogP contribution in [0.4, 0.5) is 0 Å². The first kappa shape index (κ1) is 15.1. The molecule has 0 saturated carbocycles. The number of carbonyl (C=O) groups is 2. The maximum Gasteiger partial charge on any atom is 0.317 e. The first-order chi connectivity index (χ1) is 8.93. The lowest BCUT2D eigenvalue weighted by atomic mass is 10.0. The molecule has 0 saturated heterocycles. The summed E-state index contributed by atoms with van der Waals surface area (Å²) >= 11 is 0. The van der Waals surface area contributed by atoms with Gasteiger partial charge in [-0.15, -0.1) is 0 Å². The number of hydrogen-bond acceptors (Lipinski definition) is 5. The second kappa shape index (κ2) is 6.87. The van der Waals surface area contributed by atoms with Crippen molar-refractivity contribution in [2.45, 2.75) is 46.3 Å². The predicted octanol–water partition coefficient (Wildman–Crippen LogP) is 2.20. The summed E-state index contributed by atoms with van der Waals surface area (Å²) in [5.41, 5.74) is 1.76. The van der Waals surface area contributed by atoms with Gasteiger partial charge in [-0.1, -0.05) is 6.92 Å². The molecule has 0 N–H and O–H groups in total. The summed E-state index contributed by atoms with van der Waals surface area (Å²) in [6.07, 6.45) is 1.66. The minimum Gasteiger partial charge on any atom is -0.426 e. The Bertz CT molecular complexity index is 459. The topological polar surface area (TPSA) is 65.5 Å². The molecule has 0 radical (unpaired) electrons. The summed E-state index contributed by atoms with van der Waals surface area (Å²) < 4.78 is 9.78. The third kappa shape index (κ3) is 4.69. The fourth-order valence-electron chi connectivity index (χ4n) is 1.60. The highest BCUT2D eigenvalue weighted by Gasteiger charge is 2.21. The van der Waals surface area contributed by atoms with Crippen molar-refractivity contribution in [3.8, 4) is 0 Å². The number of nitrogens with zero attached hydrogens (tertiary/aromatic N) is 1. The summed E-state index contributed by atoms with van der Waals surface area (Å²) in [7, 11) is 0. The molecule has 5 heteroatoms. The van der Waals surface area contributed by atoms with Gasteiger partial charge in [0.15, 0.2) is 0 Å². The van der Waals surface area contributed by atoms with Crippen molar-refractivity contribution in [1.29, 1.82) is 0 Å². The van der Waals surface area contributed by atoms with Crippen LogP contribution in [-0.4, -0.2) is 23.2 Å². The molecule has 1 heterocycles. The number of aryl methyl sites for hydroxylation is 1. The first-order valence-electron chi connectivity index (χ1n) is 6.26. The Labute approximate surface area is 112 Å². The van der Waals surface area contributed by atoms with Gasteiger partial charge in [0.1, 0.15) is 0 Å². The molecule has 19 heavy (non-hydrogen) atoms. The van der Waals surface area contributed by atoms with Crippen LogP contribution in [-0.2, 0) is 25.5 Å². The molecule has 5 nitrogen and oxygen atoms in total. The molecule has 0 aromatic carbocycles. The van der Waals surface area contributed by atoms with E-state index in [1.807, 2.05) is 19.1 Å². The highest BCUT2D eigenvalue weighted by Crippen LogP contribution is 2.17. The molecule has 2 atom stereocenters. The number of rotatable bonds is 5. The minimum absolute atomic E-state index is 0.463. The van der Waals surface area contributed by atoms with E-state index < -0.39 is 24.1 Å². The molecular weight excluding hydrogens is 246 g/mol. The molecule has 0 amide bonds. The van der Waals surface area contributed by atoms with Crippen molar-refractivity contribution in [3.05, 3.63) is 29.6 Å². The summed E-state index contributed by atoms with van der Waals surface area (Å²) in [6, 6.07) is 3.78. The summed E-state index contributed by atoms with van der Waals surface area (Å²) in [6.45, 7) is 6.51. The molecule has 1 rings (SSSR count). The van der Waals surface area contributed by atoms with Crippen LogP contribution in [0, 0.1) is 0 Å². The third-order valence-electron chi connectivity index (χ3n) is 2.66. The predicted molar refractivity (Wildman–Crippen MR) is 69.4 cm³/mol. The SMILES string of the molecule is CCc1ccnc(C(C)C(=O)OC(C)OC(C)=O)c1. The van der Waals surface area contributed by atoms with Crippen LogP contribution in [0.15, 0.2) is 18.3 Å². The van der Waals surface area contributed by atoms with Gasteiger partial charge < -0.3 is 9.47 Å². The van der Waals surface area contributed by atoms with E-state index in [-0.39, 0.29) is 0 Å². The number of ether oxygens (including phenoxy) is 2. The zero-order chi connectivity index (χ0) is 14.4. The zero-order valence-electron chi connectivity index (χ0n) is 11.7. The summed E-state index contributed by atoms with van der Waals surface area (Å²) in [5, 5.41) is 0. The molecule has 1 aromatic heterocycles. The van der Waals surface area contributed by atoms with E-state index in [0.29, 0.717) is 5.69 Å². The van der Waals surface area contributed by atoms with E-state index in [4.69, 9.17) is 9.47 Å². The van der Waals surface area contributed by atoms with E-state index in [1.165, 1.54) is 13.8 Å². The van der Waals surface area contributed by atoms with E-state index in [2.05, 4.69) is 4.98 Å². The molecule has 0 aliphatic heterocycles. The quantitative estimate of drug-likeness (QED) is 0.603. The molecule has 2 unspecified atom stereocenters. The fourth-order valence-corrected chi connectivity index (χ4v) is 1.60. The van der Waals surface area contributed by atoms with Gasteiger partial charge in [0.2, 0.25) is 6.29 Å². The lowest BCUT2D eigenvalue weighted by Crippen LogP contribution is -2.24. The van der Waals surface area contributed by atoms with Crippen molar-refractivity contribution >= 4 is 11.9 Å². The first-order valence-corrected chi connectivity index (χ1v) is 6.26. The van der Waals surface area contributed by atoms with Crippen molar-refractivity contribution < 1.29 is 19.1 Å². The Hall–Kier alpha value is -1.91. The number of aromatic nitrogens is 1. The maximum atomic E-state index is 11.9. The number of carbonyl (C=O) groups excluding carboxylic acids is 2. The van der Waals surface area contributed by atoms with Gasteiger partial charge in [-0.25, -0.2) is 0 Å². The molecule has 1 aromatic rings. The number of pyridine rings is 1. The average molecular weight is 265 g/mol. The van der Waals surface area contributed by atoms with Crippen molar-refractivity contribution in [2.24, 2.45) is 0 Å². The van der Waals surface area contributed by atoms with Crippen LogP contribution in [0.5, 0.6) is 0 Å². The van der Waals surface area contributed by atoms with Crippen LogP contribution < -0.4 is 0 Å². The summed E-state index contributed by atoms with van der Waals surface area (Å²) in [5.74, 6) is -1.45. The van der Waals surface area contributed by atoms with Gasteiger partial charge in [0.05, 0.1) is 11.6 Å². The van der Waals surface area contributed by atoms with Crippen molar-refractivity contribution in [3.63, 3.8) is 0 Å². The van der Waals surface area contributed by atoms with Crippen LogP contribution >= 0.6 is 0 Å².